The van der Waals surface area contributed by atoms with E-state index < -0.39 is 0 Å². The topological polar surface area (TPSA) is 58.9 Å². The van der Waals surface area contributed by atoms with Crippen LogP contribution in [0.2, 0.25) is 0 Å². The summed E-state index contributed by atoms with van der Waals surface area (Å²) < 4.78 is 6.02. The van der Waals surface area contributed by atoms with Crippen molar-refractivity contribution in [3.05, 3.63) is 12.7 Å². The quantitative estimate of drug-likeness (QED) is 0.171. The number of rotatable bonds is 3. The second-order valence-electron chi connectivity index (χ2n) is 0.922. The number of allylic oxidation sites excluding steroid dienone is 1. The van der Waals surface area contributed by atoms with E-state index in [0.717, 1.165) is 22.0 Å². The fourth-order valence-electron chi connectivity index (χ4n) is 0.0638. The van der Waals surface area contributed by atoms with Gasteiger partial charge in [-0.25, -0.2) is 9.59 Å². The van der Waals surface area contributed by atoms with Crippen molar-refractivity contribution in [2.24, 2.45) is 8.80 Å². The second-order valence-corrected chi connectivity index (χ2v) is 2.48. The summed E-state index contributed by atoms with van der Waals surface area (Å²) in [4.78, 5) is 18.6. The zero-order chi connectivity index (χ0) is 8.95. The maximum Gasteiger partial charge on any atom is 0.248 e. The Morgan fingerprint density at radius 1 is 1.27 bits per heavy atom. The number of hydrogen-bond donors (Lipinski definition) is 0. The van der Waals surface area contributed by atoms with Gasteiger partial charge in [-0.15, -0.1) is 15.4 Å². The SMILES string of the molecule is C=CC.O=C=NSSN=C=O. The Kier molecular flexibility index (Phi) is 18.8. The van der Waals surface area contributed by atoms with Crippen LogP contribution in [-0.2, 0) is 9.59 Å². The molecule has 0 fully saturated rings. The van der Waals surface area contributed by atoms with E-state index in [2.05, 4.69) is 15.4 Å². The maximum absolute atomic E-state index is 9.30. The van der Waals surface area contributed by atoms with E-state index in [-0.39, 0.29) is 0 Å². The fraction of sp³-hybridized carbons (Fsp3) is 0.200. The van der Waals surface area contributed by atoms with Crippen molar-refractivity contribution in [1.29, 1.82) is 0 Å². The van der Waals surface area contributed by atoms with E-state index in [1.807, 2.05) is 6.92 Å². The average Bonchev–Trinajstić information content (AvgIpc) is 2.00. The lowest BCUT2D eigenvalue weighted by atomic mass is 10.8. The smallest absolute Gasteiger partial charge is 0.210 e. The minimum absolute atomic E-state index is 0.767. The van der Waals surface area contributed by atoms with Gasteiger partial charge in [-0.2, -0.15) is 0 Å². The van der Waals surface area contributed by atoms with Gasteiger partial charge in [0.05, 0.1) is 22.0 Å². The van der Waals surface area contributed by atoms with Crippen molar-refractivity contribution in [3.63, 3.8) is 0 Å². The highest BCUT2D eigenvalue weighted by Crippen LogP contribution is 2.21. The van der Waals surface area contributed by atoms with Gasteiger partial charge in [0.1, 0.15) is 0 Å². The van der Waals surface area contributed by atoms with Crippen LogP contribution in [-0.4, -0.2) is 12.2 Å². The molecule has 0 aliphatic carbocycles. The molecule has 11 heavy (non-hydrogen) atoms. The summed E-state index contributed by atoms with van der Waals surface area (Å²) in [5, 5.41) is 0. The van der Waals surface area contributed by atoms with Crippen LogP contribution in [0.25, 0.3) is 0 Å². The molecule has 0 aromatic rings. The molecule has 0 radical (unpaired) electrons. The minimum Gasteiger partial charge on any atom is -0.210 e. The summed E-state index contributed by atoms with van der Waals surface area (Å²) >= 11 is 0. The van der Waals surface area contributed by atoms with Gasteiger partial charge in [-0.3, -0.25) is 0 Å². The van der Waals surface area contributed by atoms with Crippen molar-refractivity contribution in [2.45, 2.75) is 6.92 Å². The Morgan fingerprint density at radius 2 is 1.55 bits per heavy atom. The Balaban J connectivity index is 0. The van der Waals surface area contributed by atoms with Crippen molar-refractivity contribution < 1.29 is 9.59 Å². The van der Waals surface area contributed by atoms with E-state index in [1.165, 1.54) is 12.2 Å². The molecule has 0 spiro atoms. The summed E-state index contributed by atoms with van der Waals surface area (Å²) in [6.07, 6.45) is 4.26. The summed E-state index contributed by atoms with van der Waals surface area (Å²) in [6, 6.07) is 0. The van der Waals surface area contributed by atoms with Crippen molar-refractivity contribution in [3.8, 4) is 0 Å². The first-order chi connectivity index (χ1) is 5.33. The van der Waals surface area contributed by atoms with Gasteiger partial charge in [0.15, 0.2) is 0 Å². The normalized spacial score (nSPS) is 5.91. The second kappa shape index (κ2) is 16.1. The van der Waals surface area contributed by atoms with Gasteiger partial charge >= 0.3 is 0 Å². The predicted molar refractivity (Wildman–Crippen MR) is 47.3 cm³/mol. The van der Waals surface area contributed by atoms with E-state index >= 15 is 0 Å². The Bertz CT molecular complexity index is 165. The highest BCUT2D eigenvalue weighted by Gasteiger charge is 1.76. The molecule has 4 nitrogen and oxygen atoms in total. The van der Waals surface area contributed by atoms with Crippen molar-refractivity contribution in [1.82, 2.24) is 0 Å². The average molecular weight is 190 g/mol. The van der Waals surface area contributed by atoms with E-state index in [4.69, 9.17) is 0 Å². The summed E-state index contributed by atoms with van der Waals surface area (Å²) in [7, 11) is 1.53. The van der Waals surface area contributed by atoms with Crippen LogP contribution in [0.5, 0.6) is 0 Å². The molecule has 0 N–H and O–H groups in total. The van der Waals surface area contributed by atoms with Gasteiger partial charge in [-0.05, 0) is 6.92 Å². The van der Waals surface area contributed by atoms with Crippen LogP contribution in [0.4, 0.5) is 0 Å². The summed E-state index contributed by atoms with van der Waals surface area (Å²) in [5.41, 5.74) is 0. The van der Waals surface area contributed by atoms with Crippen LogP contribution >= 0.6 is 22.0 Å². The molecule has 0 aliphatic heterocycles. The fourth-order valence-corrected chi connectivity index (χ4v) is 0.574. The summed E-state index contributed by atoms with van der Waals surface area (Å²) in [5.74, 6) is 0. The van der Waals surface area contributed by atoms with E-state index in [9.17, 15) is 9.59 Å². The zero-order valence-corrected chi connectivity index (χ0v) is 7.44. The molecule has 0 aromatic heterocycles. The van der Waals surface area contributed by atoms with Crippen molar-refractivity contribution in [2.75, 3.05) is 0 Å². The van der Waals surface area contributed by atoms with E-state index in [0.29, 0.717) is 0 Å². The molecule has 0 heterocycles. The standard InChI is InChI=1S/C3H6.C2N2O2S2/c1-3-2;5-1-3-7-8-4-2-6/h3H,1H2,2H3;. The predicted octanol–water partition coefficient (Wildman–Crippen LogP) is 2.06. The molecular weight excluding hydrogens is 184 g/mol. The molecule has 0 rings (SSSR count). The monoisotopic (exact) mass is 190 g/mol. The zero-order valence-electron chi connectivity index (χ0n) is 5.81. The molecule has 0 amide bonds. The third-order valence-electron chi connectivity index (χ3n) is 0.182. The molecule has 6 heteroatoms. The third kappa shape index (κ3) is 27.0. The molecule has 0 atom stereocenters. The van der Waals surface area contributed by atoms with Crippen molar-refractivity contribution >= 4 is 34.1 Å². The molecular formula is C5H6N2O2S2. The highest BCUT2D eigenvalue weighted by molar-refractivity contribution is 8.75. The lowest BCUT2D eigenvalue weighted by molar-refractivity contribution is 0.565. The highest BCUT2D eigenvalue weighted by atomic mass is 33.1. The Labute approximate surface area is 72.5 Å². The lowest BCUT2D eigenvalue weighted by Crippen LogP contribution is -1.42. The first-order valence-electron chi connectivity index (χ1n) is 2.37. The Hall–Kier alpha value is -0.800. The molecule has 0 bridgehead atoms. The molecule has 0 unspecified atom stereocenters. The maximum atomic E-state index is 9.30. The third-order valence-corrected chi connectivity index (χ3v) is 1.19. The summed E-state index contributed by atoms with van der Waals surface area (Å²) in [6.45, 7) is 5.25. The van der Waals surface area contributed by atoms with Gasteiger partial charge in [0, 0.05) is 0 Å². The van der Waals surface area contributed by atoms with Crippen LogP contribution in [0.1, 0.15) is 6.92 Å². The van der Waals surface area contributed by atoms with Gasteiger partial charge in [-0.1, -0.05) is 6.08 Å². The van der Waals surface area contributed by atoms with Crippen LogP contribution in [0, 0.1) is 0 Å². The molecule has 0 aromatic carbocycles. The van der Waals surface area contributed by atoms with Gasteiger partial charge in [0.25, 0.3) is 0 Å². The Morgan fingerprint density at radius 3 is 1.73 bits per heavy atom. The van der Waals surface area contributed by atoms with E-state index in [1.54, 1.807) is 6.08 Å². The van der Waals surface area contributed by atoms with Crippen LogP contribution in [0.15, 0.2) is 21.5 Å². The number of carbonyl (C=O) groups excluding carboxylic acids is 2. The van der Waals surface area contributed by atoms with Crippen LogP contribution < -0.4 is 0 Å². The lowest BCUT2D eigenvalue weighted by Gasteiger charge is -1.70. The van der Waals surface area contributed by atoms with Gasteiger partial charge < -0.3 is 0 Å². The largest absolute Gasteiger partial charge is 0.248 e. The number of nitrogens with zero attached hydrogens (tertiary/aromatic N) is 2. The van der Waals surface area contributed by atoms with Gasteiger partial charge in [0.2, 0.25) is 12.2 Å². The minimum atomic E-state index is 0.767. The molecule has 60 valence electrons. The van der Waals surface area contributed by atoms with Crippen LogP contribution in [0.3, 0.4) is 0 Å². The molecule has 0 aliphatic rings. The number of isocyanates is 2. The molecule has 0 saturated carbocycles. The first kappa shape index (κ1) is 12.8. The number of hydrogen-bond acceptors (Lipinski definition) is 6. The molecule has 0 saturated heterocycles. The first-order valence-corrected chi connectivity index (χ1v) is 4.44.